The molecule has 204 valence electrons. The van der Waals surface area contributed by atoms with E-state index in [1.807, 2.05) is 0 Å². The minimum atomic E-state index is -4.85. The van der Waals surface area contributed by atoms with Crippen molar-refractivity contribution < 1.29 is 30.9 Å². The van der Waals surface area contributed by atoms with Gasteiger partial charge in [-0.25, -0.2) is 19.6 Å². The molecule has 39 heavy (non-hydrogen) atoms. The molecule has 3 aromatic carbocycles. The first-order chi connectivity index (χ1) is 18.5. The van der Waals surface area contributed by atoms with Gasteiger partial charge >= 0.3 is 6.36 Å². The minimum absolute atomic E-state index is 0.199. The molecule has 0 saturated heterocycles. The highest BCUT2D eigenvalue weighted by atomic mass is 32.2. The predicted molar refractivity (Wildman–Crippen MR) is 138 cm³/mol. The van der Waals surface area contributed by atoms with E-state index < -0.39 is 35.0 Å². The van der Waals surface area contributed by atoms with Crippen LogP contribution < -0.4 is 21.3 Å². The standard InChI is InChI=1S/C26H22F5N5O2S/c1-39(37)20-4-2-3-17(11-20)18-7-10-22(35-14-21(25(27)28)34-15-35)23(12-18)36(33)24(13-32)16-5-8-19(9-6-16)38-26(29,30)31/h2-15,25H,32-33H2,1H3/b24-13-. The van der Waals surface area contributed by atoms with E-state index in [9.17, 15) is 26.2 Å². The van der Waals surface area contributed by atoms with Gasteiger partial charge in [0.15, 0.2) is 0 Å². The van der Waals surface area contributed by atoms with Crippen LogP contribution in [0.3, 0.4) is 0 Å². The number of halogens is 5. The molecular formula is C26H22F5N5O2S. The number of hydrogen-bond acceptors (Lipinski definition) is 6. The summed E-state index contributed by atoms with van der Waals surface area (Å²) in [5.41, 5.74) is 8.04. The van der Waals surface area contributed by atoms with Crippen molar-refractivity contribution in [2.45, 2.75) is 17.7 Å². The number of aromatic nitrogens is 2. The Labute approximate surface area is 222 Å². The molecule has 0 aliphatic carbocycles. The van der Waals surface area contributed by atoms with Gasteiger partial charge in [0.1, 0.15) is 11.4 Å². The fourth-order valence-corrected chi connectivity index (χ4v) is 4.39. The van der Waals surface area contributed by atoms with Gasteiger partial charge in [0.05, 0.1) is 23.4 Å². The molecule has 0 aliphatic heterocycles. The predicted octanol–water partition coefficient (Wildman–Crippen LogP) is 5.75. The molecule has 0 bridgehead atoms. The molecule has 0 spiro atoms. The average Bonchev–Trinajstić information content (AvgIpc) is 3.39. The van der Waals surface area contributed by atoms with E-state index in [2.05, 4.69) is 9.72 Å². The number of nitrogens with zero attached hydrogens (tertiary/aromatic N) is 3. The third-order valence-electron chi connectivity index (χ3n) is 5.64. The van der Waals surface area contributed by atoms with Gasteiger partial charge in [-0.3, -0.25) is 9.22 Å². The number of anilines is 1. The van der Waals surface area contributed by atoms with Gasteiger partial charge in [0.2, 0.25) is 0 Å². The molecular weight excluding hydrogens is 541 g/mol. The van der Waals surface area contributed by atoms with Crippen LogP contribution in [0, 0.1) is 0 Å². The van der Waals surface area contributed by atoms with E-state index in [-0.39, 0.29) is 5.70 Å². The summed E-state index contributed by atoms with van der Waals surface area (Å²) in [4.78, 5) is 4.34. The van der Waals surface area contributed by atoms with Crippen LogP contribution in [-0.2, 0) is 10.8 Å². The highest BCUT2D eigenvalue weighted by Gasteiger charge is 2.31. The summed E-state index contributed by atoms with van der Waals surface area (Å²) in [6.07, 6.45) is -2.56. The summed E-state index contributed by atoms with van der Waals surface area (Å²) >= 11 is 0. The van der Waals surface area contributed by atoms with Gasteiger partial charge < -0.3 is 15.0 Å². The van der Waals surface area contributed by atoms with Gasteiger partial charge in [-0.15, -0.1) is 13.2 Å². The molecule has 0 aliphatic rings. The van der Waals surface area contributed by atoms with Crippen molar-refractivity contribution in [3.8, 4) is 22.6 Å². The lowest BCUT2D eigenvalue weighted by molar-refractivity contribution is -0.274. The monoisotopic (exact) mass is 563 g/mol. The number of imidazole rings is 1. The second kappa shape index (κ2) is 11.3. The van der Waals surface area contributed by atoms with Crippen LogP contribution >= 0.6 is 0 Å². The molecule has 0 radical (unpaired) electrons. The third-order valence-corrected chi connectivity index (χ3v) is 6.56. The molecule has 4 rings (SSSR count). The maximum Gasteiger partial charge on any atom is 0.573 e. The quantitative estimate of drug-likeness (QED) is 0.161. The smallest absolute Gasteiger partial charge is 0.406 e. The van der Waals surface area contributed by atoms with Crippen molar-refractivity contribution >= 4 is 22.2 Å². The van der Waals surface area contributed by atoms with E-state index in [0.717, 1.165) is 30.1 Å². The lowest BCUT2D eigenvalue weighted by Gasteiger charge is -2.25. The number of hydrogen-bond donors (Lipinski definition) is 2. The SMILES string of the molecule is CS(=O)c1cccc(-c2ccc(-n3cnc(C(F)F)c3)c(N(N)/C(=C\N)c3ccc(OC(F)(F)F)cc3)c2)c1. The van der Waals surface area contributed by atoms with Gasteiger partial charge in [-0.1, -0.05) is 18.2 Å². The zero-order valence-electron chi connectivity index (χ0n) is 20.3. The van der Waals surface area contributed by atoms with Crippen LogP contribution in [0.25, 0.3) is 22.5 Å². The third kappa shape index (κ3) is 6.44. The molecule has 1 aromatic heterocycles. The maximum atomic E-state index is 13.2. The number of hydrazine groups is 1. The number of benzene rings is 3. The van der Waals surface area contributed by atoms with E-state index >= 15 is 0 Å². The van der Waals surface area contributed by atoms with Crippen molar-refractivity contribution in [3.63, 3.8) is 0 Å². The lowest BCUT2D eigenvalue weighted by atomic mass is 10.0. The average molecular weight is 564 g/mol. The Hall–Kier alpha value is -4.23. The second-order valence-electron chi connectivity index (χ2n) is 8.19. The Morgan fingerprint density at radius 3 is 2.36 bits per heavy atom. The molecule has 0 saturated carbocycles. The van der Waals surface area contributed by atoms with Crippen LogP contribution in [0.4, 0.5) is 27.6 Å². The van der Waals surface area contributed by atoms with Crippen molar-refractivity contribution in [3.05, 3.63) is 96.7 Å². The summed E-state index contributed by atoms with van der Waals surface area (Å²) in [5, 5.41) is 1.18. The zero-order valence-corrected chi connectivity index (χ0v) is 21.1. The van der Waals surface area contributed by atoms with Crippen LogP contribution in [0.5, 0.6) is 5.75 Å². The van der Waals surface area contributed by atoms with Crippen molar-refractivity contribution in [1.82, 2.24) is 9.55 Å². The van der Waals surface area contributed by atoms with E-state index in [0.29, 0.717) is 27.4 Å². The summed E-state index contributed by atoms with van der Waals surface area (Å²) < 4.78 is 81.5. The van der Waals surface area contributed by atoms with Gasteiger partial charge in [-0.05, 0) is 59.7 Å². The van der Waals surface area contributed by atoms with Gasteiger partial charge in [-0.2, -0.15) is 0 Å². The van der Waals surface area contributed by atoms with Crippen molar-refractivity contribution in [2.75, 3.05) is 11.3 Å². The second-order valence-corrected chi connectivity index (χ2v) is 9.57. The summed E-state index contributed by atoms with van der Waals surface area (Å²) in [5.74, 6) is 6.06. The number of alkyl halides is 5. The summed E-state index contributed by atoms with van der Waals surface area (Å²) in [6.45, 7) is 0. The van der Waals surface area contributed by atoms with E-state index in [4.69, 9.17) is 11.6 Å². The van der Waals surface area contributed by atoms with E-state index in [1.165, 1.54) is 28.0 Å². The molecule has 1 heterocycles. The molecule has 0 amide bonds. The summed E-state index contributed by atoms with van der Waals surface area (Å²) in [7, 11) is -1.23. The normalized spacial score (nSPS) is 13.0. The Bertz CT molecular complexity index is 1520. The van der Waals surface area contributed by atoms with Crippen LogP contribution in [-0.4, -0.2) is 26.4 Å². The zero-order chi connectivity index (χ0) is 28.3. The fourth-order valence-electron chi connectivity index (χ4n) is 3.82. The molecule has 0 fully saturated rings. The molecule has 4 aromatic rings. The lowest BCUT2D eigenvalue weighted by Crippen LogP contribution is -2.30. The van der Waals surface area contributed by atoms with Gasteiger partial charge in [0.25, 0.3) is 6.43 Å². The topological polar surface area (TPSA) is 99.4 Å². The molecule has 1 unspecified atom stereocenters. The highest BCUT2D eigenvalue weighted by molar-refractivity contribution is 7.84. The molecule has 4 N–H and O–H groups in total. The van der Waals surface area contributed by atoms with Crippen LogP contribution in [0.15, 0.2) is 90.3 Å². The minimum Gasteiger partial charge on any atom is -0.406 e. The van der Waals surface area contributed by atoms with Crippen molar-refractivity contribution in [1.29, 1.82) is 0 Å². The van der Waals surface area contributed by atoms with Crippen molar-refractivity contribution in [2.24, 2.45) is 11.6 Å². The molecule has 13 heteroatoms. The first kappa shape index (κ1) is 27.8. The number of rotatable bonds is 8. The molecule has 7 nitrogen and oxygen atoms in total. The first-order valence-electron chi connectivity index (χ1n) is 11.2. The van der Waals surface area contributed by atoms with Crippen LogP contribution in [0.2, 0.25) is 0 Å². The Balaban J connectivity index is 1.80. The maximum absolute atomic E-state index is 13.2. The number of nitrogens with two attached hydrogens (primary N) is 2. The number of ether oxygens (including phenoxy) is 1. The van der Waals surface area contributed by atoms with E-state index in [1.54, 1.807) is 48.7 Å². The Morgan fingerprint density at radius 2 is 1.77 bits per heavy atom. The van der Waals surface area contributed by atoms with Gasteiger partial charge in [0, 0.05) is 39.9 Å². The van der Waals surface area contributed by atoms with Crippen LogP contribution in [0.1, 0.15) is 17.7 Å². The largest absolute Gasteiger partial charge is 0.573 e. The highest BCUT2D eigenvalue weighted by Crippen LogP contribution is 2.35. The first-order valence-corrected chi connectivity index (χ1v) is 12.8. The fraction of sp³-hybridized carbons (Fsp3) is 0.115. The Morgan fingerprint density at radius 1 is 1.08 bits per heavy atom. The molecule has 1 atom stereocenters. The summed E-state index contributed by atoms with van der Waals surface area (Å²) in [6, 6.07) is 17.0. The Kier molecular flexibility index (Phi) is 8.02.